The van der Waals surface area contributed by atoms with E-state index in [4.69, 9.17) is 5.10 Å². The summed E-state index contributed by atoms with van der Waals surface area (Å²) < 4.78 is 1.75. The third kappa shape index (κ3) is 5.15. The van der Waals surface area contributed by atoms with Gasteiger partial charge < -0.3 is 15.5 Å². The summed E-state index contributed by atoms with van der Waals surface area (Å²) in [6.07, 6.45) is 2.74. The monoisotopic (exact) mass is 479 g/mol. The van der Waals surface area contributed by atoms with Crippen LogP contribution in [0.4, 0.5) is 5.69 Å². The molecule has 1 aliphatic heterocycles. The molecular weight excluding hydrogens is 450 g/mol. The van der Waals surface area contributed by atoms with Crippen molar-refractivity contribution >= 4 is 17.5 Å². The number of aromatic nitrogens is 2. The molecule has 1 aromatic heterocycles. The molecule has 0 radical (unpaired) electrons. The molecule has 2 N–H and O–H groups in total. The number of carbonyl (C=O) groups is 2. The van der Waals surface area contributed by atoms with Crippen LogP contribution in [0.5, 0.6) is 0 Å². The maximum atomic E-state index is 13.3. The summed E-state index contributed by atoms with van der Waals surface area (Å²) in [5.41, 5.74) is 6.20. The molecule has 1 fully saturated rings. The molecule has 0 bridgehead atoms. The first kappa shape index (κ1) is 23.4. The van der Waals surface area contributed by atoms with Gasteiger partial charge in [-0.05, 0) is 41.8 Å². The molecule has 0 unspecified atom stereocenters. The molecule has 0 atom stereocenters. The van der Waals surface area contributed by atoms with Gasteiger partial charge in [0.2, 0.25) is 5.91 Å². The van der Waals surface area contributed by atoms with Gasteiger partial charge in [0.1, 0.15) is 5.69 Å². The normalized spacial score (nSPS) is 13.4. The number of nitrogens with zero attached hydrogens (tertiary/aromatic N) is 3. The molecule has 36 heavy (non-hydrogen) atoms. The quantitative estimate of drug-likeness (QED) is 0.421. The Bertz CT molecular complexity index is 1340. The van der Waals surface area contributed by atoms with Gasteiger partial charge in [0.25, 0.3) is 5.91 Å². The second-order valence-corrected chi connectivity index (χ2v) is 8.84. The molecule has 2 heterocycles. The molecule has 7 heteroatoms. The van der Waals surface area contributed by atoms with Crippen molar-refractivity contribution in [2.75, 3.05) is 24.5 Å². The van der Waals surface area contributed by atoms with Crippen LogP contribution in [0.15, 0.2) is 85.1 Å². The van der Waals surface area contributed by atoms with E-state index in [0.29, 0.717) is 30.9 Å². The summed E-state index contributed by atoms with van der Waals surface area (Å²) in [5.74, 6) is -0.141. The van der Waals surface area contributed by atoms with Crippen molar-refractivity contribution in [2.45, 2.75) is 19.9 Å². The third-order valence-electron chi connectivity index (χ3n) is 6.41. The highest BCUT2D eigenvalue weighted by molar-refractivity contribution is 6.00. The summed E-state index contributed by atoms with van der Waals surface area (Å²) >= 11 is 0. The second kappa shape index (κ2) is 10.5. The Hall–Kier alpha value is -4.39. The SMILES string of the molecule is CCc1ccc(-c2nn(-c3ccccc3)cc2C(=O)NCc2ccc(N3CCNC(=O)C3)cc2)cc1. The van der Waals surface area contributed by atoms with Crippen LogP contribution in [-0.4, -0.2) is 41.2 Å². The van der Waals surface area contributed by atoms with Crippen LogP contribution in [0.25, 0.3) is 16.9 Å². The van der Waals surface area contributed by atoms with E-state index >= 15 is 0 Å². The fourth-order valence-electron chi connectivity index (χ4n) is 4.33. The Kier molecular flexibility index (Phi) is 6.80. The topological polar surface area (TPSA) is 79.3 Å². The van der Waals surface area contributed by atoms with Crippen molar-refractivity contribution < 1.29 is 9.59 Å². The number of benzene rings is 3. The number of rotatable bonds is 7. The van der Waals surface area contributed by atoms with E-state index in [9.17, 15) is 9.59 Å². The number of piperazine rings is 1. The lowest BCUT2D eigenvalue weighted by atomic mass is 10.0. The number of anilines is 1. The van der Waals surface area contributed by atoms with Crippen LogP contribution in [0, 0.1) is 0 Å². The largest absolute Gasteiger partial charge is 0.360 e. The minimum Gasteiger partial charge on any atom is -0.360 e. The highest BCUT2D eigenvalue weighted by atomic mass is 16.2. The molecule has 182 valence electrons. The van der Waals surface area contributed by atoms with Gasteiger partial charge in [-0.25, -0.2) is 4.68 Å². The van der Waals surface area contributed by atoms with E-state index in [2.05, 4.69) is 34.6 Å². The molecule has 1 aliphatic rings. The van der Waals surface area contributed by atoms with Gasteiger partial charge in [-0.3, -0.25) is 9.59 Å². The van der Waals surface area contributed by atoms with Crippen molar-refractivity contribution in [3.63, 3.8) is 0 Å². The number of nitrogens with one attached hydrogen (secondary N) is 2. The molecule has 5 rings (SSSR count). The summed E-state index contributed by atoms with van der Waals surface area (Å²) in [6.45, 7) is 4.31. The minimum absolute atomic E-state index is 0.0359. The van der Waals surface area contributed by atoms with E-state index in [-0.39, 0.29) is 11.8 Å². The van der Waals surface area contributed by atoms with Gasteiger partial charge in [0, 0.05) is 37.1 Å². The van der Waals surface area contributed by atoms with Gasteiger partial charge >= 0.3 is 0 Å². The van der Waals surface area contributed by atoms with E-state index in [0.717, 1.165) is 35.5 Å². The first-order valence-corrected chi connectivity index (χ1v) is 12.2. The first-order chi connectivity index (χ1) is 17.6. The average molecular weight is 480 g/mol. The molecule has 7 nitrogen and oxygen atoms in total. The Morgan fingerprint density at radius 1 is 0.944 bits per heavy atom. The lowest BCUT2D eigenvalue weighted by Crippen LogP contribution is -2.47. The highest BCUT2D eigenvalue weighted by Gasteiger charge is 2.19. The molecule has 0 saturated carbocycles. The number of hydrogen-bond acceptors (Lipinski definition) is 4. The van der Waals surface area contributed by atoms with Gasteiger partial charge in [-0.1, -0.05) is 61.5 Å². The van der Waals surface area contributed by atoms with Gasteiger partial charge in [0.05, 0.1) is 17.8 Å². The smallest absolute Gasteiger partial charge is 0.255 e. The van der Waals surface area contributed by atoms with Gasteiger partial charge in [-0.2, -0.15) is 5.10 Å². The van der Waals surface area contributed by atoms with Crippen molar-refractivity contribution in [3.05, 3.63) is 102 Å². The lowest BCUT2D eigenvalue weighted by Gasteiger charge is -2.28. The van der Waals surface area contributed by atoms with Crippen LogP contribution in [0.1, 0.15) is 28.4 Å². The molecule has 2 amide bonds. The zero-order valence-corrected chi connectivity index (χ0v) is 20.3. The summed E-state index contributed by atoms with van der Waals surface area (Å²) in [5, 5.41) is 10.7. The summed E-state index contributed by atoms with van der Waals surface area (Å²) in [4.78, 5) is 27.0. The minimum atomic E-state index is -0.177. The van der Waals surface area contributed by atoms with Crippen molar-refractivity contribution in [1.29, 1.82) is 0 Å². The van der Waals surface area contributed by atoms with Crippen molar-refractivity contribution in [2.24, 2.45) is 0 Å². The lowest BCUT2D eigenvalue weighted by molar-refractivity contribution is -0.120. The van der Waals surface area contributed by atoms with E-state index < -0.39 is 0 Å². The Labute approximate surface area is 210 Å². The van der Waals surface area contributed by atoms with Crippen LogP contribution < -0.4 is 15.5 Å². The maximum Gasteiger partial charge on any atom is 0.255 e. The summed E-state index contributed by atoms with van der Waals surface area (Å²) in [7, 11) is 0. The number of amides is 2. The van der Waals surface area contributed by atoms with Crippen LogP contribution in [0.3, 0.4) is 0 Å². The summed E-state index contributed by atoms with van der Waals surface area (Å²) in [6, 6.07) is 25.9. The fourth-order valence-corrected chi connectivity index (χ4v) is 4.33. The molecule has 4 aromatic rings. The van der Waals surface area contributed by atoms with Crippen molar-refractivity contribution in [3.8, 4) is 16.9 Å². The highest BCUT2D eigenvalue weighted by Crippen LogP contribution is 2.25. The standard InChI is InChI=1S/C29H29N5O2/c1-2-21-8-12-23(13-9-21)28-26(19-34(32-28)25-6-4-3-5-7-25)29(36)31-18-22-10-14-24(15-11-22)33-17-16-30-27(35)20-33/h3-15,19H,2,16-18,20H2,1H3,(H,30,35)(H,31,36). The van der Waals surface area contributed by atoms with Crippen LogP contribution in [0.2, 0.25) is 0 Å². The number of carbonyl (C=O) groups excluding carboxylic acids is 2. The molecular formula is C29H29N5O2. The van der Waals surface area contributed by atoms with Gasteiger partial charge in [-0.15, -0.1) is 0 Å². The van der Waals surface area contributed by atoms with Gasteiger partial charge in [0.15, 0.2) is 0 Å². The number of para-hydroxylation sites is 1. The first-order valence-electron chi connectivity index (χ1n) is 12.2. The molecule has 0 spiro atoms. The molecule has 0 aliphatic carbocycles. The number of aryl methyl sites for hydroxylation is 1. The van der Waals surface area contributed by atoms with Crippen LogP contribution >= 0.6 is 0 Å². The van der Waals surface area contributed by atoms with E-state index in [1.807, 2.05) is 66.7 Å². The predicted molar refractivity (Wildman–Crippen MR) is 141 cm³/mol. The Morgan fingerprint density at radius 3 is 2.36 bits per heavy atom. The number of hydrogen-bond donors (Lipinski definition) is 2. The fraction of sp³-hybridized carbons (Fsp3) is 0.207. The predicted octanol–water partition coefficient (Wildman–Crippen LogP) is 3.97. The second-order valence-electron chi connectivity index (χ2n) is 8.84. The van der Waals surface area contributed by atoms with Crippen LogP contribution in [-0.2, 0) is 17.8 Å². The zero-order chi connectivity index (χ0) is 24.9. The van der Waals surface area contributed by atoms with Crippen molar-refractivity contribution in [1.82, 2.24) is 20.4 Å². The van der Waals surface area contributed by atoms with E-state index in [1.54, 1.807) is 10.9 Å². The average Bonchev–Trinajstić information content (AvgIpc) is 3.38. The third-order valence-corrected chi connectivity index (χ3v) is 6.41. The molecule has 3 aromatic carbocycles. The Balaban J connectivity index is 1.34. The Morgan fingerprint density at radius 2 is 1.67 bits per heavy atom. The zero-order valence-electron chi connectivity index (χ0n) is 20.3. The van der Waals surface area contributed by atoms with E-state index in [1.165, 1.54) is 5.56 Å². The molecule has 1 saturated heterocycles. The maximum absolute atomic E-state index is 13.3.